The molecule has 0 aliphatic rings. The van der Waals surface area contributed by atoms with Gasteiger partial charge in [0.05, 0.1) is 6.61 Å². The molecule has 0 saturated carbocycles. The van der Waals surface area contributed by atoms with Gasteiger partial charge in [0, 0.05) is 31.9 Å². The lowest BCUT2D eigenvalue weighted by Gasteiger charge is -2.31. The Hall–Kier alpha value is -1.13. The lowest BCUT2D eigenvalue weighted by molar-refractivity contribution is 0.203. The molecule has 0 saturated heterocycles. The van der Waals surface area contributed by atoms with Gasteiger partial charge in [-0.05, 0) is 44.2 Å². The van der Waals surface area contributed by atoms with Crippen molar-refractivity contribution in [3.05, 3.63) is 29.6 Å². The van der Waals surface area contributed by atoms with Crippen LogP contribution in [0.3, 0.4) is 0 Å². The number of nitrogens with one attached hydrogen (secondary N) is 1. The van der Waals surface area contributed by atoms with Crippen LogP contribution in [0.15, 0.2) is 18.2 Å². The second kappa shape index (κ2) is 8.12. The minimum absolute atomic E-state index is 0.187. The third kappa shape index (κ3) is 4.80. The molecule has 1 N–H and O–H groups in total. The number of ether oxygens (including phenoxy) is 1. The van der Waals surface area contributed by atoms with E-state index in [2.05, 4.69) is 24.1 Å². The minimum Gasteiger partial charge on any atom is -0.383 e. The first-order valence-corrected chi connectivity index (χ1v) is 6.82. The molecule has 1 rings (SSSR count). The fourth-order valence-electron chi connectivity index (χ4n) is 2.12. The molecule has 4 heteroatoms. The number of benzene rings is 1. The topological polar surface area (TPSA) is 24.5 Å². The zero-order chi connectivity index (χ0) is 14.3. The second-order valence-electron chi connectivity index (χ2n) is 4.79. The zero-order valence-electron chi connectivity index (χ0n) is 12.4. The summed E-state index contributed by atoms with van der Waals surface area (Å²) >= 11 is 0. The zero-order valence-corrected chi connectivity index (χ0v) is 12.4. The van der Waals surface area contributed by atoms with Crippen molar-refractivity contribution in [3.8, 4) is 0 Å². The largest absolute Gasteiger partial charge is 0.383 e. The van der Waals surface area contributed by atoms with Gasteiger partial charge < -0.3 is 15.0 Å². The molecular formula is C15H25FN2O. The molecule has 0 aliphatic heterocycles. The Bertz CT molecular complexity index is 384. The maximum absolute atomic E-state index is 13.7. The summed E-state index contributed by atoms with van der Waals surface area (Å²) in [5, 5.41) is 3.05. The van der Waals surface area contributed by atoms with Crippen molar-refractivity contribution in [1.82, 2.24) is 5.32 Å². The van der Waals surface area contributed by atoms with E-state index in [4.69, 9.17) is 4.74 Å². The monoisotopic (exact) mass is 268 g/mol. The molecule has 1 atom stereocenters. The molecule has 0 aliphatic carbocycles. The molecule has 19 heavy (non-hydrogen) atoms. The number of hydrogen-bond donors (Lipinski definition) is 1. The average molecular weight is 268 g/mol. The van der Waals surface area contributed by atoms with Crippen molar-refractivity contribution < 1.29 is 9.13 Å². The molecule has 108 valence electrons. The van der Waals surface area contributed by atoms with Crippen LogP contribution in [0.5, 0.6) is 0 Å². The fourth-order valence-corrected chi connectivity index (χ4v) is 2.12. The predicted molar refractivity (Wildman–Crippen MR) is 78.1 cm³/mol. The number of hydrogen-bond acceptors (Lipinski definition) is 3. The lowest BCUT2D eigenvalue weighted by atomic mass is 10.1. The van der Waals surface area contributed by atoms with Gasteiger partial charge in [0.1, 0.15) is 5.82 Å². The molecule has 0 spiro atoms. The van der Waals surface area contributed by atoms with E-state index in [1.807, 2.05) is 13.1 Å². The SMILES string of the molecule is CCC(C)N(CCOC)c1cc(F)cc(CNC)c1. The molecule has 1 aromatic rings. The summed E-state index contributed by atoms with van der Waals surface area (Å²) in [7, 11) is 3.55. The first-order valence-electron chi connectivity index (χ1n) is 6.82. The van der Waals surface area contributed by atoms with E-state index >= 15 is 0 Å². The van der Waals surface area contributed by atoms with E-state index in [1.165, 1.54) is 0 Å². The first-order chi connectivity index (χ1) is 9.12. The first kappa shape index (κ1) is 15.9. The number of rotatable bonds is 8. The van der Waals surface area contributed by atoms with Crippen LogP contribution in [0.2, 0.25) is 0 Å². The van der Waals surface area contributed by atoms with Crippen LogP contribution in [0.4, 0.5) is 10.1 Å². The summed E-state index contributed by atoms with van der Waals surface area (Å²) in [6.45, 7) is 6.37. The minimum atomic E-state index is -0.187. The highest BCUT2D eigenvalue weighted by Crippen LogP contribution is 2.22. The van der Waals surface area contributed by atoms with Gasteiger partial charge >= 0.3 is 0 Å². The highest BCUT2D eigenvalue weighted by molar-refractivity contribution is 5.50. The van der Waals surface area contributed by atoms with Crippen LogP contribution in [0, 0.1) is 5.82 Å². The number of nitrogens with zero attached hydrogens (tertiary/aromatic N) is 1. The van der Waals surface area contributed by atoms with Crippen molar-refractivity contribution in [3.63, 3.8) is 0 Å². The number of anilines is 1. The van der Waals surface area contributed by atoms with E-state index in [-0.39, 0.29) is 5.82 Å². The smallest absolute Gasteiger partial charge is 0.125 e. The third-order valence-electron chi connectivity index (χ3n) is 3.31. The van der Waals surface area contributed by atoms with Gasteiger partial charge in [-0.3, -0.25) is 0 Å². The Morgan fingerprint density at radius 2 is 2.11 bits per heavy atom. The van der Waals surface area contributed by atoms with Crippen LogP contribution in [0.1, 0.15) is 25.8 Å². The van der Waals surface area contributed by atoms with Crippen molar-refractivity contribution in [2.75, 3.05) is 32.2 Å². The molecule has 0 radical (unpaired) electrons. The van der Waals surface area contributed by atoms with Gasteiger partial charge in [-0.25, -0.2) is 4.39 Å². The van der Waals surface area contributed by atoms with Gasteiger partial charge in [0.25, 0.3) is 0 Å². The lowest BCUT2D eigenvalue weighted by Crippen LogP contribution is -2.35. The van der Waals surface area contributed by atoms with Crippen LogP contribution < -0.4 is 10.2 Å². The summed E-state index contributed by atoms with van der Waals surface area (Å²) in [6.07, 6.45) is 1.02. The summed E-state index contributed by atoms with van der Waals surface area (Å²) in [5.74, 6) is -0.187. The van der Waals surface area contributed by atoms with E-state index in [0.717, 1.165) is 24.2 Å². The summed E-state index contributed by atoms with van der Waals surface area (Å²) in [5.41, 5.74) is 1.89. The standard InChI is InChI=1S/C15H25FN2O/c1-5-12(2)18(6-7-19-4)15-9-13(11-17-3)8-14(16)10-15/h8-10,12,17H,5-7,11H2,1-4H3. The van der Waals surface area contributed by atoms with Crippen LogP contribution in [0.25, 0.3) is 0 Å². The van der Waals surface area contributed by atoms with Crippen LogP contribution in [-0.2, 0) is 11.3 Å². The number of methoxy groups -OCH3 is 1. The van der Waals surface area contributed by atoms with E-state index in [1.54, 1.807) is 19.2 Å². The van der Waals surface area contributed by atoms with Crippen molar-refractivity contribution in [2.45, 2.75) is 32.9 Å². The van der Waals surface area contributed by atoms with Crippen molar-refractivity contribution in [1.29, 1.82) is 0 Å². The Labute approximate surface area is 115 Å². The quantitative estimate of drug-likeness (QED) is 0.784. The van der Waals surface area contributed by atoms with Crippen LogP contribution >= 0.6 is 0 Å². The normalized spacial score (nSPS) is 12.5. The van der Waals surface area contributed by atoms with Crippen molar-refractivity contribution in [2.24, 2.45) is 0 Å². The Kier molecular flexibility index (Phi) is 6.81. The van der Waals surface area contributed by atoms with Gasteiger partial charge in [-0.1, -0.05) is 6.92 Å². The van der Waals surface area contributed by atoms with Gasteiger partial charge in [-0.15, -0.1) is 0 Å². The highest BCUT2D eigenvalue weighted by Gasteiger charge is 2.14. The summed E-state index contributed by atoms with van der Waals surface area (Å²) in [6, 6.07) is 5.58. The van der Waals surface area contributed by atoms with Gasteiger partial charge in [0.2, 0.25) is 0 Å². The molecule has 0 fully saturated rings. The second-order valence-corrected chi connectivity index (χ2v) is 4.79. The van der Waals surface area contributed by atoms with Gasteiger partial charge in [-0.2, -0.15) is 0 Å². The Morgan fingerprint density at radius 3 is 2.68 bits per heavy atom. The Morgan fingerprint density at radius 1 is 1.37 bits per heavy atom. The van der Waals surface area contributed by atoms with Crippen LogP contribution in [-0.4, -0.2) is 33.4 Å². The summed E-state index contributed by atoms with van der Waals surface area (Å²) < 4.78 is 18.9. The summed E-state index contributed by atoms with van der Waals surface area (Å²) in [4.78, 5) is 2.20. The molecule has 3 nitrogen and oxygen atoms in total. The molecule has 0 bridgehead atoms. The predicted octanol–water partition coefficient (Wildman–Crippen LogP) is 2.80. The molecule has 0 aromatic heterocycles. The van der Waals surface area contributed by atoms with Crippen molar-refractivity contribution >= 4 is 5.69 Å². The van der Waals surface area contributed by atoms with E-state index in [9.17, 15) is 4.39 Å². The highest BCUT2D eigenvalue weighted by atomic mass is 19.1. The molecule has 0 amide bonds. The maximum atomic E-state index is 13.7. The van der Waals surface area contributed by atoms with E-state index in [0.29, 0.717) is 19.2 Å². The molecule has 1 aromatic carbocycles. The van der Waals surface area contributed by atoms with Gasteiger partial charge in [0.15, 0.2) is 0 Å². The fraction of sp³-hybridized carbons (Fsp3) is 0.600. The average Bonchev–Trinajstić information content (AvgIpc) is 2.38. The molecule has 0 heterocycles. The molecule has 1 unspecified atom stereocenters. The number of halogens is 1. The van der Waals surface area contributed by atoms with E-state index < -0.39 is 0 Å². The molecular weight excluding hydrogens is 243 g/mol. The maximum Gasteiger partial charge on any atom is 0.125 e. The third-order valence-corrected chi connectivity index (χ3v) is 3.31. The Balaban J connectivity index is 2.99.